The normalized spacial score (nSPS) is 13.5. The zero-order valence-corrected chi connectivity index (χ0v) is 10.2. The third-order valence-electron chi connectivity index (χ3n) is 2.06. The predicted octanol–water partition coefficient (Wildman–Crippen LogP) is 3.02. The summed E-state index contributed by atoms with van der Waals surface area (Å²) in [6.07, 6.45) is 5.50. The molecule has 0 spiro atoms. The first-order valence-corrected chi connectivity index (χ1v) is 5.40. The molecule has 1 atom stereocenters. The van der Waals surface area contributed by atoms with Gasteiger partial charge in [0.2, 0.25) is 0 Å². The quantitative estimate of drug-likeness (QED) is 0.684. The van der Waals surface area contributed by atoms with Crippen LogP contribution in [0.5, 0.6) is 0 Å². The number of allylic oxidation sites excluding steroid dienone is 3. The molecule has 2 heteroatoms. The second kappa shape index (κ2) is 7.41. The predicted molar refractivity (Wildman–Crippen MR) is 63.7 cm³/mol. The maximum absolute atomic E-state index is 10.7. The number of aliphatic hydroxyl groups is 1. The van der Waals surface area contributed by atoms with Gasteiger partial charge in [-0.15, -0.1) is 0 Å². The minimum atomic E-state index is -0.616. The van der Waals surface area contributed by atoms with Crippen LogP contribution in [0.15, 0.2) is 23.3 Å². The molecule has 1 N–H and O–H groups in total. The monoisotopic (exact) mass is 210 g/mol. The number of ketones is 1. The number of rotatable bonds is 6. The van der Waals surface area contributed by atoms with E-state index in [0.29, 0.717) is 0 Å². The Balaban J connectivity index is 3.97. The Labute approximate surface area is 92.7 Å². The minimum absolute atomic E-state index is 0.0239. The van der Waals surface area contributed by atoms with Crippen LogP contribution in [0.4, 0.5) is 0 Å². The smallest absolute Gasteiger partial charge is 0.132 e. The van der Waals surface area contributed by atoms with E-state index < -0.39 is 6.10 Å². The van der Waals surface area contributed by atoms with Gasteiger partial charge in [0.25, 0.3) is 0 Å². The van der Waals surface area contributed by atoms with Crippen molar-refractivity contribution in [3.8, 4) is 0 Å². The minimum Gasteiger partial charge on any atom is -0.389 e. The summed E-state index contributed by atoms with van der Waals surface area (Å²) in [5.41, 5.74) is 2.45. The second-order valence-electron chi connectivity index (χ2n) is 4.31. The standard InChI is InChI=1S/C13H22O2/c1-10(2)6-5-7-11(3)8-13(15)9-12(4)14/h6,8,13,15H,5,7,9H2,1-4H3/b11-8-. The summed E-state index contributed by atoms with van der Waals surface area (Å²) in [5, 5.41) is 9.49. The number of hydrogen-bond donors (Lipinski definition) is 1. The number of carbonyl (C=O) groups excluding carboxylic acids is 1. The highest BCUT2D eigenvalue weighted by molar-refractivity contribution is 5.76. The van der Waals surface area contributed by atoms with Gasteiger partial charge in [-0.05, 0) is 40.5 Å². The molecule has 2 nitrogen and oxygen atoms in total. The molecule has 15 heavy (non-hydrogen) atoms. The first kappa shape index (κ1) is 14.1. The van der Waals surface area contributed by atoms with Crippen LogP contribution in [0, 0.1) is 0 Å². The molecule has 0 amide bonds. The number of Topliss-reactive ketones (excluding diaryl/α,β-unsaturated/α-hetero) is 1. The summed E-state index contributed by atoms with van der Waals surface area (Å²) in [6.45, 7) is 7.63. The molecule has 0 saturated heterocycles. The lowest BCUT2D eigenvalue weighted by Crippen LogP contribution is -2.08. The SMILES string of the molecule is CC(=O)CC(O)/C=C(/C)CCC=C(C)C. The second-order valence-corrected chi connectivity index (χ2v) is 4.31. The molecule has 0 rings (SSSR count). The zero-order chi connectivity index (χ0) is 11.8. The lowest BCUT2D eigenvalue weighted by atomic mass is 10.1. The molecule has 0 aromatic heterocycles. The fraction of sp³-hybridized carbons (Fsp3) is 0.615. The summed E-state index contributed by atoms with van der Waals surface area (Å²) < 4.78 is 0. The average molecular weight is 210 g/mol. The van der Waals surface area contributed by atoms with Gasteiger partial charge in [-0.2, -0.15) is 0 Å². The van der Waals surface area contributed by atoms with Crippen LogP contribution >= 0.6 is 0 Å². The van der Waals surface area contributed by atoms with Gasteiger partial charge >= 0.3 is 0 Å². The van der Waals surface area contributed by atoms with E-state index in [-0.39, 0.29) is 12.2 Å². The van der Waals surface area contributed by atoms with Gasteiger partial charge < -0.3 is 5.11 Å². The van der Waals surface area contributed by atoms with Gasteiger partial charge in [0, 0.05) is 6.42 Å². The Kier molecular flexibility index (Phi) is 6.97. The summed E-state index contributed by atoms with van der Waals surface area (Å²) in [4.78, 5) is 10.7. The molecule has 0 aliphatic carbocycles. The molecule has 0 heterocycles. The van der Waals surface area contributed by atoms with E-state index in [9.17, 15) is 9.90 Å². The summed E-state index contributed by atoms with van der Waals surface area (Å²) in [6, 6.07) is 0. The van der Waals surface area contributed by atoms with E-state index in [4.69, 9.17) is 0 Å². The zero-order valence-electron chi connectivity index (χ0n) is 10.2. The largest absolute Gasteiger partial charge is 0.389 e. The first-order valence-electron chi connectivity index (χ1n) is 5.40. The number of aliphatic hydroxyl groups excluding tert-OH is 1. The lowest BCUT2D eigenvalue weighted by molar-refractivity contribution is -0.118. The fourth-order valence-corrected chi connectivity index (χ4v) is 1.35. The number of hydrogen-bond acceptors (Lipinski definition) is 2. The van der Waals surface area contributed by atoms with Crippen molar-refractivity contribution in [2.45, 2.75) is 53.1 Å². The van der Waals surface area contributed by atoms with E-state index in [0.717, 1.165) is 18.4 Å². The van der Waals surface area contributed by atoms with Crippen LogP contribution in [-0.4, -0.2) is 17.0 Å². The molecule has 0 bridgehead atoms. The van der Waals surface area contributed by atoms with Gasteiger partial charge in [-0.1, -0.05) is 23.3 Å². The lowest BCUT2D eigenvalue weighted by Gasteiger charge is -2.05. The Morgan fingerprint density at radius 2 is 1.87 bits per heavy atom. The summed E-state index contributed by atoms with van der Waals surface area (Å²) in [7, 11) is 0. The van der Waals surface area contributed by atoms with Gasteiger partial charge in [-0.25, -0.2) is 0 Å². The van der Waals surface area contributed by atoms with E-state index in [1.807, 2.05) is 6.92 Å². The van der Waals surface area contributed by atoms with Crippen molar-refractivity contribution in [2.24, 2.45) is 0 Å². The highest BCUT2D eigenvalue weighted by atomic mass is 16.3. The highest BCUT2D eigenvalue weighted by Gasteiger charge is 2.03. The van der Waals surface area contributed by atoms with E-state index in [1.54, 1.807) is 6.08 Å². The summed E-state index contributed by atoms with van der Waals surface area (Å²) in [5.74, 6) is 0.0239. The molecule has 0 aromatic rings. The van der Waals surface area contributed by atoms with Crippen LogP contribution < -0.4 is 0 Å². The molecular formula is C13H22O2. The van der Waals surface area contributed by atoms with Crippen molar-refractivity contribution in [1.82, 2.24) is 0 Å². The van der Waals surface area contributed by atoms with Crippen molar-refractivity contribution >= 4 is 5.78 Å². The Hall–Kier alpha value is -0.890. The van der Waals surface area contributed by atoms with Gasteiger partial charge in [0.05, 0.1) is 6.10 Å². The fourth-order valence-electron chi connectivity index (χ4n) is 1.35. The van der Waals surface area contributed by atoms with Crippen LogP contribution in [0.2, 0.25) is 0 Å². The molecule has 0 aliphatic heterocycles. The molecule has 0 aliphatic rings. The average Bonchev–Trinajstić information content (AvgIpc) is 2.00. The van der Waals surface area contributed by atoms with E-state index in [2.05, 4.69) is 19.9 Å². The molecular weight excluding hydrogens is 188 g/mol. The highest BCUT2D eigenvalue weighted by Crippen LogP contribution is 2.09. The molecule has 1 unspecified atom stereocenters. The van der Waals surface area contributed by atoms with Gasteiger partial charge in [-0.3, -0.25) is 4.79 Å². The van der Waals surface area contributed by atoms with Gasteiger partial charge in [0.1, 0.15) is 5.78 Å². The maximum Gasteiger partial charge on any atom is 0.132 e. The van der Waals surface area contributed by atoms with Gasteiger partial charge in [0.15, 0.2) is 0 Å². The third-order valence-corrected chi connectivity index (χ3v) is 2.06. The van der Waals surface area contributed by atoms with Crippen molar-refractivity contribution in [1.29, 1.82) is 0 Å². The van der Waals surface area contributed by atoms with Crippen molar-refractivity contribution in [2.75, 3.05) is 0 Å². The molecule has 86 valence electrons. The Bertz CT molecular complexity index is 258. The van der Waals surface area contributed by atoms with Crippen molar-refractivity contribution in [3.05, 3.63) is 23.3 Å². The van der Waals surface area contributed by atoms with Crippen LogP contribution in [-0.2, 0) is 4.79 Å². The molecule has 0 saturated carbocycles. The maximum atomic E-state index is 10.7. The number of carbonyl (C=O) groups is 1. The first-order chi connectivity index (χ1) is 6.91. The van der Waals surface area contributed by atoms with Crippen LogP contribution in [0.1, 0.15) is 47.0 Å². The van der Waals surface area contributed by atoms with E-state index in [1.165, 1.54) is 12.5 Å². The third kappa shape index (κ3) is 9.42. The van der Waals surface area contributed by atoms with Crippen molar-refractivity contribution in [3.63, 3.8) is 0 Å². The Morgan fingerprint density at radius 1 is 1.27 bits per heavy atom. The van der Waals surface area contributed by atoms with Crippen LogP contribution in [0.25, 0.3) is 0 Å². The van der Waals surface area contributed by atoms with Crippen molar-refractivity contribution < 1.29 is 9.90 Å². The summed E-state index contributed by atoms with van der Waals surface area (Å²) >= 11 is 0. The topological polar surface area (TPSA) is 37.3 Å². The van der Waals surface area contributed by atoms with Crippen LogP contribution in [0.3, 0.4) is 0 Å². The Morgan fingerprint density at radius 3 is 2.33 bits per heavy atom. The molecule has 0 aromatic carbocycles. The molecule has 0 fully saturated rings. The molecule has 0 radical (unpaired) electrons. The van der Waals surface area contributed by atoms with E-state index >= 15 is 0 Å².